The molecule has 2 aromatic rings. The molecule has 148 valence electrons. The molecule has 1 amide bonds. The molecule has 0 radical (unpaired) electrons. The van der Waals surface area contributed by atoms with Gasteiger partial charge in [0.05, 0.1) is 12.8 Å². The minimum atomic E-state index is -0.342. The SMILES string of the molecule is C=CCOc1ccc(/C=N/NC(=O)COc2ccc(OCCCC)cc2)cc1. The number of ether oxygens (including phenoxy) is 3. The average Bonchev–Trinajstić information content (AvgIpc) is 2.73. The summed E-state index contributed by atoms with van der Waals surface area (Å²) in [7, 11) is 0. The van der Waals surface area contributed by atoms with Crippen LogP contribution in [-0.2, 0) is 4.79 Å². The summed E-state index contributed by atoms with van der Waals surface area (Å²) in [6, 6.07) is 14.5. The first kappa shape index (κ1) is 21.0. The number of rotatable bonds is 12. The van der Waals surface area contributed by atoms with Crippen molar-refractivity contribution in [2.24, 2.45) is 5.10 Å². The van der Waals surface area contributed by atoms with Crippen LogP contribution < -0.4 is 19.6 Å². The van der Waals surface area contributed by atoms with Crippen molar-refractivity contribution in [1.29, 1.82) is 0 Å². The van der Waals surface area contributed by atoms with Gasteiger partial charge in [0.2, 0.25) is 0 Å². The van der Waals surface area contributed by atoms with E-state index in [1.807, 2.05) is 36.4 Å². The molecule has 0 heterocycles. The Hall–Kier alpha value is -3.28. The maximum Gasteiger partial charge on any atom is 0.277 e. The fourth-order valence-corrected chi connectivity index (χ4v) is 2.13. The Morgan fingerprint density at radius 2 is 1.61 bits per heavy atom. The van der Waals surface area contributed by atoms with E-state index in [-0.39, 0.29) is 12.5 Å². The molecule has 0 bridgehead atoms. The Balaban J connectivity index is 1.70. The highest BCUT2D eigenvalue weighted by Crippen LogP contribution is 2.17. The average molecular weight is 382 g/mol. The van der Waals surface area contributed by atoms with E-state index in [2.05, 4.69) is 24.0 Å². The lowest BCUT2D eigenvalue weighted by atomic mass is 10.2. The van der Waals surface area contributed by atoms with Crippen LogP contribution in [0.15, 0.2) is 66.3 Å². The van der Waals surface area contributed by atoms with Gasteiger partial charge in [-0.3, -0.25) is 4.79 Å². The molecule has 2 rings (SSSR count). The lowest BCUT2D eigenvalue weighted by molar-refractivity contribution is -0.123. The number of nitrogens with zero attached hydrogens (tertiary/aromatic N) is 1. The summed E-state index contributed by atoms with van der Waals surface area (Å²) < 4.78 is 16.4. The van der Waals surface area contributed by atoms with Gasteiger partial charge in [0.15, 0.2) is 6.61 Å². The zero-order valence-corrected chi connectivity index (χ0v) is 16.1. The van der Waals surface area contributed by atoms with Gasteiger partial charge in [-0.15, -0.1) is 0 Å². The number of nitrogens with one attached hydrogen (secondary N) is 1. The Morgan fingerprint density at radius 3 is 2.25 bits per heavy atom. The van der Waals surface area contributed by atoms with E-state index < -0.39 is 0 Å². The molecular formula is C22H26N2O4. The number of unbranched alkanes of at least 4 members (excludes halogenated alkanes) is 1. The highest BCUT2D eigenvalue weighted by atomic mass is 16.5. The standard InChI is InChI=1S/C22H26N2O4/c1-3-5-15-27-20-10-12-21(13-11-20)28-17-22(25)24-23-16-18-6-8-19(9-7-18)26-14-4-2/h4,6-13,16H,2-3,5,14-15,17H2,1H3,(H,24,25)/b23-16+. The van der Waals surface area contributed by atoms with E-state index in [1.165, 1.54) is 0 Å². The molecule has 28 heavy (non-hydrogen) atoms. The van der Waals surface area contributed by atoms with Crippen molar-refractivity contribution in [2.45, 2.75) is 19.8 Å². The molecule has 6 nitrogen and oxygen atoms in total. The molecule has 0 aliphatic carbocycles. The van der Waals surface area contributed by atoms with E-state index in [9.17, 15) is 4.79 Å². The molecule has 1 N–H and O–H groups in total. The maximum absolute atomic E-state index is 11.8. The Kier molecular flexibility index (Phi) is 9.14. The van der Waals surface area contributed by atoms with Crippen molar-refractivity contribution < 1.29 is 19.0 Å². The number of amides is 1. The van der Waals surface area contributed by atoms with Crippen molar-refractivity contribution in [3.05, 3.63) is 66.7 Å². The first-order valence-corrected chi connectivity index (χ1v) is 9.22. The molecule has 0 unspecified atom stereocenters. The Morgan fingerprint density at radius 1 is 1.00 bits per heavy atom. The molecule has 0 fully saturated rings. The first-order chi connectivity index (χ1) is 13.7. The lowest BCUT2D eigenvalue weighted by Crippen LogP contribution is -2.24. The fourth-order valence-electron chi connectivity index (χ4n) is 2.13. The second kappa shape index (κ2) is 12.2. The number of hydrazone groups is 1. The summed E-state index contributed by atoms with van der Waals surface area (Å²) in [5.41, 5.74) is 3.27. The van der Waals surface area contributed by atoms with Crippen LogP contribution in [-0.4, -0.2) is 31.9 Å². The predicted molar refractivity (Wildman–Crippen MR) is 110 cm³/mol. The number of carbonyl (C=O) groups excluding carboxylic acids is 1. The Labute approximate surface area is 165 Å². The smallest absolute Gasteiger partial charge is 0.277 e. The first-order valence-electron chi connectivity index (χ1n) is 9.22. The van der Waals surface area contributed by atoms with Crippen LogP contribution in [0.1, 0.15) is 25.3 Å². The molecule has 0 saturated heterocycles. The highest BCUT2D eigenvalue weighted by molar-refractivity contribution is 5.83. The monoisotopic (exact) mass is 382 g/mol. The second-order valence-electron chi connectivity index (χ2n) is 5.92. The van der Waals surface area contributed by atoms with Crippen LogP contribution in [0.3, 0.4) is 0 Å². The summed E-state index contributed by atoms with van der Waals surface area (Å²) in [6.07, 6.45) is 5.35. The second-order valence-corrected chi connectivity index (χ2v) is 5.92. The topological polar surface area (TPSA) is 69.2 Å². The molecular weight excluding hydrogens is 356 g/mol. The normalized spacial score (nSPS) is 10.5. The minimum absolute atomic E-state index is 0.123. The molecule has 0 aliphatic rings. The summed E-state index contributed by atoms with van der Waals surface area (Å²) in [4.78, 5) is 11.8. The van der Waals surface area contributed by atoms with Crippen LogP contribution >= 0.6 is 0 Å². The molecule has 0 atom stereocenters. The Bertz CT molecular complexity index is 755. The third kappa shape index (κ3) is 7.95. The van der Waals surface area contributed by atoms with Gasteiger partial charge in [0, 0.05) is 0 Å². The van der Waals surface area contributed by atoms with Gasteiger partial charge >= 0.3 is 0 Å². The third-order valence-corrected chi connectivity index (χ3v) is 3.61. The van der Waals surface area contributed by atoms with Gasteiger partial charge in [0.25, 0.3) is 5.91 Å². The van der Waals surface area contributed by atoms with Gasteiger partial charge in [-0.25, -0.2) is 5.43 Å². The number of benzene rings is 2. The summed E-state index contributed by atoms with van der Waals surface area (Å²) in [5.74, 6) is 1.79. The van der Waals surface area contributed by atoms with Crippen LogP contribution in [0.5, 0.6) is 17.2 Å². The quantitative estimate of drug-likeness (QED) is 0.261. The van der Waals surface area contributed by atoms with Crippen molar-refractivity contribution in [1.82, 2.24) is 5.43 Å². The van der Waals surface area contributed by atoms with Gasteiger partial charge in [-0.2, -0.15) is 5.10 Å². The van der Waals surface area contributed by atoms with E-state index >= 15 is 0 Å². The summed E-state index contributed by atoms with van der Waals surface area (Å²) >= 11 is 0. The van der Waals surface area contributed by atoms with Crippen LogP contribution in [0.2, 0.25) is 0 Å². The zero-order valence-electron chi connectivity index (χ0n) is 16.1. The summed E-state index contributed by atoms with van der Waals surface area (Å²) in [5, 5.41) is 3.92. The van der Waals surface area contributed by atoms with Crippen molar-refractivity contribution in [2.75, 3.05) is 19.8 Å². The van der Waals surface area contributed by atoms with Crippen molar-refractivity contribution in [3.63, 3.8) is 0 Å². The highest BCUT2D eigenvalue weighted by Gasteiger charge is 2.02. The van der Waals surface area contributed by atoms with Crippen LogP contribution in [0.25, 0.3) is 0 Å². The van der Waals surface area contributed by atoms with Crippen molar-refractivity contribution >= 4 is 12.1 Å². The molecule has 0 spiro atoms. The zero-order chi connectivity index (χ0) is 20.0. The largest absolute Gasteiger partial charge is 0.494 e. The lowest BCUT2D eigenvalue weighted by Gasteiger charge is -2.08. The number of carbonyl (C=O) groups is 1. The minimum Gasteiger partial charge on any atom is -0.494 e. The molecule has 2 aromatic carbocycles. The van der Waals surface area contributed by atoms with Crippen molar-refractivity contribution in [3.8, 4) is 17.2 Å². The van der Waals surface area contributed by atoms with Gasteiger partial charge in [-0.05, 0) is 60.5 Å². The predicted octanol–water partition coefficient (Wildman–Crippen LogP) is 3.96. The fraction of sp³-hybridized carbons (Fsp3) is 0.273. The van der Waals surface area contributed by atoms with Gasteiger partial charge < -0.3 is 14.2 Å². The van der Waals surface area contributed by atoms with E-state index in [0.29, 0.717) is 19.0 Å². The van der Waals surface area contributed by atoms with Crippen LogP contribution in [0, 0.1) is 0 Å². The van der Waals surface area contributed by atoms with Gasteiger partial charge in [-0.1, -0.05) is 26.0 Å². The number of hydrogen-bond donors (Lipinski definition) is 1. The molecule has 0 aliphatic heterocycles. The molecule has 0 saturated carbocycles. The van der Waals surface area contributed by atoms with E-state index in [4.69, 9.17) is 14.2 Å². The number of hydrogen-bond acceptors (Lipinski definition) is 5. The molecule has 6 heteroatoms. The van der Waals surface area contributed by atoms with E-state index in [0.717, 1.165) is 29.9 Å². The molecule has 0 aromatic heterocycles. The van der Waals surface area contributed by atoms with Gasteiger partial charge in [0.1, 0.15) is 23.9 Å². The maximum atomic E-state index is 11.8. The van der Waals surface area contributed by atoms with E-state index in [1.54, 1.807) is 24.4 Å². The van der Waals surface area contributed by atoms with Crippen LogP contribution in [0.4, 0.5) is 0 Å². The third-order valence-electron chi connectivity index (χ3n) is 3.61. The summed E-state index contributed by atoms with van der Waals surface area (Å²) in [6.45, 7) is 6.75.